The van der Waals surface area contributed by atoms with Crippen LogP contribution in [0.4, 0.5) is 0 Å². The molecule has 0 spiro atoms. The van der Waals surface area contributed by atoms with Crippen LogP contribution in [-0.2, 0) is 13.0 Å². The van der Waals surface area contributed by atoms with Crippen LogP contribution in [0.3, 0.4) is 0 Å². The Bertz CT molecular complexity index is 730. The fourth-order valence-corrected chi connectivity index (χ4v) is 2.69. The summed E-state index contributed by atoms with van der Waals surface area (Å²) < 4.78 is 0. The molecular formula is C15H14N4. The van der Waals surface area contributed by atoms with Crippen LogP contribution in [0.15, 0.2) is 36.4 Å². The van der Waals surface area contributed by atoms with E-state index >= 15 is 0 Å². The van der Waals surface area contributed by atoms with Crippen LogP contribution in [-0.4, -0.2) is 21.7 Å². The molecule has 0 aliphatic carbocycles. The maximum atomic E-state index is 4.33. The Morgan fingerprint density at radius 2 is 1.95 bits per heavy atom. The van der Waals surface area contributed by atoms with Crippen molar-refractivity contribution >= 4 is 11.0 Å². The van der Waals surface area contributed by atoms with Crippen molar-refractivity contribution in [1.82, 2.24) is 20.5 Å². The number of H-pyrrole nitrogens is 1. The molecule has 1 aromatic carbocycles. The number of aromatic amines is 1. The number of nitrogens with zero attached hydrogens (tertiary/aromatic N) is 2. The second kappa shape index (κ2) is 4.17. The van der Waals surface area contributed by atoms with Gasteiger partial charge in [0.25, 0.3) is 0 Å². The maximum Gasteiger partial charge on any atom is 0.160 e. The zero-order valence-electron chi connectivity index (χ0n) is 10.5. The number of hydrogen-bond acceptors (Lipinski definition) is 3. The molecular weight excluding hydrogens is 236 g/mol. The minimum Gasteiger partial charge on any atom is -0.341 e. The van der Waals surface area contributed by atoms with Gasteiger partial charge in [-0.15, -0.1) is 10.2 Å². The Morgan fingerprint density at radius 3 is 2.84 bits per heavy atom. The van der Waals surface area contributed by atoms with Crippen molar-refractivity contribution in [2.45, 2.75) is 13.0 Å². The van der Waals surface area contributed by atoms with Crippen LogP contribution in [0.25, 0.3) is 22.3 Å². The topological polar surface area (TPSA) is 53.6 Å². The minimum atomic E-state index is 0.897. The molecule has 1 aliphatic rings. The van der Waals surface area contributed by atoms with Gasteiger partial charge in [-0.2, -0.15) is 0 Å². The fraction of sp³-hybridized carbons (Fsp3) is 0.200. The summed E-state index contributed by atoms with van der Waals surface area (Å²) in [6.45, 7) is 1.94. The van der Waals surface area contributed by atoms with Crippen LogP contribution in [0.1, 0.15) is 11.3 Å². The van der Waals surface area contributed by atoms with Gasteiger partial charge in [0.1, 0.15) is 0 Å². The number of rotatable bonds is 1. The van der Waals surface area contributed by atoms with Crippen LogP contribution in [0.5, 0.6) is 0 Å². The van der Waals surface area contributed by atoms with Gasteiger partial charge in [-0.3, -0.25) is 0 Å². The molecule has 2 aromatic heterocycles. The van der Waals surface area contributed by atoms with E-state index < -0.39 is 0 Å². The molecule has 0 amide bonds. The van der Waals surface area contributed by atoms with Crippen LogP contribution in [0.2, 0.25) is 0 Å². The molecule has 4 nitrogen and oxygen atoms in total. The van der Waals surface area contributed by atoms with E-state index in [4.69, 9.17) is 0 Å². The first kappa shape index (κ1) is 10.7. The molecule has 0 unspecified atom stereocenters. The summed E-state index contributed by atoms with van der Waals surface area (Å²) in [6, 6.07) is 12.3. The first-order chi connectivity index (χ1) is 9.42. The Morgan fingerprint density at radius 1 is 1.05 bits per heavy atom. The predicted octanol–water partition coefficient (Wildman–Crippen LogP) is 2.27. The molecule has 0 radical (unpaired) electrons. The summed E-state index contributed by atoms with van der Waals surface area (Å²) in [5.41, 5.74) is 5.58. The molecule has 3 aromatic rings. The largest absolute Gasteiger partial charge is 0.341 e. The van der Waals surface area contributed by atoms with Crippen molar-refractivity contribution in [3.05, 3.63) is 47.7 Å². The standard InChI is InChI=1S/C15H14N4/c1-2-4-10(5-3-1)14-8-11-12-9-16-7-6-13(12)17-15(11)19-18-14/h1-5,8,16H,6-7,9H2,(H,17,19). The van der Waals surface area contributed by atoms with Gasteiger partial charge in [0.2, 0.25) is 0 Å². The number of benzene rings is 1. The van der Waals surface area contributed by atoms with Gasteiger partial charge >= 0.3 is 0 Å². The van der Waals surface area contributed by atoms with Crippen LogP contribution < -0.4 is 5.32 Å². The zero-order chi connectivity index (χ0) is 12.7. The van der Waals surface area contributed by atoms with Crippen LogP contribution >= 0.6 is 0 Å². The SMILES string of the molecule is c1ccc(-c2cc3c4c([nH]c3nn2)CCNC4)cc1. The predicted molar refractivity (Wildman–Crippen MR) is 74.7 cm³/mol. The van der Waals surface area contributed by atoms with Gasteiger partial charge in [0.05, 0.1) is 5.69 Å². The zero-order valence-corrected chi connectivity index (χ0v) is 10.5. The van der Waals surface area contributed by atoms with Gasteiger partial charge in [0.15, 0.2) is 5.65 Å². The van der Waals surface area contributed by atoms with E-state index in [2.05, 4.69) is 38.7 Å². The van der Waals surface area contributed by atoms with E-state index in [1.165, 1.54) is 16.6 Å². The third-order valence-electron chi connectivity index (χ3n) is 3.68. The summed E-state index contributed by atoms with van der Waals surface area (Å²) in [4.78, 5) is 3.38. The number of nitrogens with one attached hydrogen (secondary N) is 2. The highest BCUT2D eigenvalue weighted by molar-refractivity contribution is 5.84. The van der Waals surface area contributed by atoms with E-state index in [1.54, 1.807) is 0 Å². The Kier molecular flexibility index (Phi) is 2.35. The van der Waals surface area contributed by atoms with Crippen molar-refractivity contribution in [3.8, 4) is 11.3 Å². The van der Waals surface area contributed by atoms with Gasteiger partial charge in [-0.1, -0.05) is 30.3 Å². The van der Waals surface area contributed by atoms with Gasteiger partial charge in [-0.25, -0.2) is 0 Å². The molecule has 0 atom stereocenters. The van der Waals surface area contributed by atoms with Crippen molar-refractivity contribution in [2.75, 3.05) is 6.54 Å². The summed E-state index contributed by atoms with van der Waals surface area (Å²) in [5.74, 6) is 0. The quantitative estimate of drug-likeness (QED) is 0.696. The normalized spacial score (nSPS) is 14.5. The molecule has 3 heterocycles. The van der Waals surface area contributed by atoms with E-state index in [9.17, 15) is 0 Å². The average molecular weight is 250 g/mol. The maximum absolute atomic E-state index is 4.33. The van der Waals surface area contributed by atoms with Crippen molar-refractivity contribution in [2.24, 2.45) is 0 Å². The highest BCUT2D eigenvalue weighted by Gasteiger charge is 2.16. The summed E-state index contributed by atoms with van der Waals surface area (Å²) in [7, 11) is 0. The van der Waals surface area contributed by atoms with Gasteiger partial charge in [-0.05, 0) is 11.6 Å². The van der Waals surface area contributed by atoms with Gasteiger partial charge < -0.3 is 10.3 Å². The first-order valence-electron chi connectivity index (χ1n) is 6.55. The average Bonchev–Trinajstić information content (AvgIpc) is 2.86. The third kappa shape index (κ3) is 1.72. The van der Waals surface area contributed by atoms with Crippen molar-refractivity contribution in [3.63, 3.8) is 0 Å². The molecule has 0 saturated heterocycles. The van der Waals surface area contributed by atoms with Crippen molar-refractivity contribution < 1.29 is 0 Å². The molecule has 19 heavy (non-hydrogen) atoms. The molecule has 4 heteroatoms. The smallest absolute Gasteiger partial charge is 0.160 e. The molecule has 94 valence electrons. The number of aromatic nitrogens is 3. The molecule has 0 fully saturated rings. The van der Waals surface area contributed by atoms with E-state index in [0.717, 1.165) is 36.4 Å². The van der Waals surface area contributed by atoms with Crippen LogP contribution in [0, 0.1) is 0 Å². The lowest BCUT2D eigenvalue weighted by molar-refractivity contribution is 0.640. The Balaban J connectivity index is 1.91. The number of hydrogen-bond donors (Lipinski definition) is 2. The second-order valence-corrected chi connectivity index (χ2v) is 4.87. The Hall–Kier alpha value is -2.20. The highest BCUT2D eigenvalue weighted by Crippen LogP contribution is 2.26. The number of fused-ring (bicyclic) bond motifs is 3. The molecule has 2 N–H and O–H groups in total. The molecule has 0 bridgehead atoms. The summed E-state index contributed by atoms with van der Waals surface area (Å²) in [6.07, 6.45) is 1.03. The lowest BCUT2D eigenvalue weighted by Gasteiger charge is -2.12. The first-order valence-corrected chi connectivity index (χ1v) is 6.55. The lowest BCUT2D eigenvalue weighted by Crippen LogP contribution is -2.22. The van der Waals surface area contributed by atoms with E-state index in [-0.39, 0.29) is 0 Å². The Labute approximate surface area is 110 Å². The monoisotopic (exact) mass is 250 g/mol. The minimum absolute atomic E-state index is 0.897. The second-order valence-electron chi connectivity index (χ2n) is 4.87. The third-order valence-corrected chi connectivity index (χ3v) is 3.68. The highest BCUT2D eigenvalue weighted by atomic mass is 15.1. The van der Waals surface area contributed by atoms with E-state index in [1.807, 2.05) is 18.2 Å². The van der Waals surface area contributed by atoms with Gasteiger partial charge in [0, 0.05) is 36.2 Å². The lowest BCUT2D eigenvalue weighted by atomic mass is 10.1. The van der Waals surface area contributed by atoms with Crippen molar-refractivity contribution in [1.29, 1.82) is 0 Å². The molecule has 1 aliphatic heterocycles. The summed E-state index contributed by atoms with van der Waals surface area (Å²) in [5, 5.41) is 13.2. The molecule has 4 rings (SSSR count). The molecule has 0 saturated carbocycles. The summed E-state index contributed by atoms with van der Waals surface area (Å²) >= 11 is 0. The fourth-order valence-electron chi connectivity index (χ4n) is 2.69. The van der Waals surface area contributed by atoms with E-state index in [0.29, 0.717) is 0 Å².